The Morgan fingerprint density at radius 1 is 1.29 bits per heavy atom. The molecule has 2 aromatic rings. The third-order valence-electron chi connectivity index (χ3n) is 2.51. The van der Waals surface area contributed by atoms with Crippen LogP contribution in [0.25, 0.3) is 11.1 Å². The summed E-state index contributed by atoms with van der Waals surface area (Å²) in [6.45, 7) is 1.21. The molecule has 88 valence electrons. The van der Waals surface area contributed by atoms with Crippen molar-refractivity contribution in [3.8, 4) is 11.1 Å². The second kappa shape index (κ2) is 5.14. The molecule has 0 bridgehead atoms. The molecule has 4 N–H and O–H groups in total. The van der Waals surface area contributed by atoms with E-state index in [9.17, 15) is 0 Å². The molecule has 1 heterocycles. The first-order chi connectivity index (χ1) is 8.20. The van der Waals surface area contributed by atoms with Gasteiger partial charge in [-0.05, 0) is 11.0 Å². The van der Waals surface area contributed by atoms with Crippen molar-refractivity contribution in [3.05, 3.63) is 36.7 Å². The Hall–Kier alpha value is -1.63. The van der Waals surface area contributed by atoms with E-state index >= 15 is 0 Å². The standard InChI is InChI=1S/C11H14BN3O2/c13-4-5-15-8-10(7-14-15)9-2-1-3-11(6-9)12(16)17/h1-3,6-8,16-17H,4-5,13H2. The topological polar surface area (TPSA) is 84.3 Å². The summed E-state index contributed by atoms with van der Waals surface area (Å²) < 4.78 is 1.76. The molecule has 2 rings (SSSR count). The molecule has 0 saturated carbocycles. The Morgan fingerprint density at radius 2 is 2.12 bits per heavy atom. The van der Waals surface area contributed by atoms with Crippen LogP contribution in [0, 0.1) is 0 Å². The largest absolute Gasteiger partial charge is 0.488 e. The summed E-state index contributed by atoms with van der Waals surface area (Å²) in [6, 6.07) is 7.08. The fraction of sp³-hybridized carbons (Fsp3) is 0.182. The van der Waals surface area contributed by atoms with Crippen LogP contribution in [0.5, 0.6) is 0 Å². The quantitative estimate of drug-likeness (QED) is 0.601. The van der Waals surface area contributed by atoms with Gasteiger partial charge < -0.3 is 15.8 Å². The van der Waals surface area contributed by atoms with E-state index in [1.54, 1.807) is 29.1 Å². The van der Waals surface area contributed by atoms with Gasteiger partial charge in [0.25, 0.3) is 0 Å². The maximum Gasteiger partial charge on any atom is 0.488 e. The average molecular weight is 231 g/mol. The van der Waals surface area contributed by atoms with Gasteiger partial charge in [0.15, 0.2) is 0 Å². The Labute approximate surface area is 99.6 Å². The summed E-state index contributed by atoms with van der Waals surface area (Å²) in [5.74, 6) is 0. The molecule has 0 radical (unpaired) electrons. The number of hydrogen-bond donors (Lipinski definition) is 3. The summed E-state index contributed by atoms with van der Waals surface area (Å²) in [7, 11) is -1.45. The number of benzene rings is 1. The minimum absolute atomic E-state index is 0.467. The molecule has 0 aliphatic heterocycles. The van der Waals surface area contributed by atoms with E-state index < -0.39 is 7.12 Å². The van der Waals surface area contributed by atoms with Crippen molar-refractivity contribution in [2.24, 2.45) is 5.73 Å². The number of aromatic nitrogens is 2. The van der Waals surface area contributed by atoms with Crippen molar-refractivity contribution in [1.29, 1.82) is 0 Å². The molecular formula is C11H14BN3O2. The lowest BCUT2D eigenvalue weighted by Crippen LogP contribution is -2.29. The fourth-order valence-electron chi connectivity index (χ4n) is 1.65. The molecule has 0 spiro atoms. The maximum absolute atomic E-state index is 9.10. The maximum atomic E-state index is 9.10. The van der Waals surface area contributed by atoms with Gasteiger partial charge in [-0.1, -0.05) is 24.3 Å². The minimum atomic E-state index is -1.45. The van der Waals surface area contributed by atoms with Crippen molar-refractivity contribution in [2.45, 2.75) is 6.54 Å². The minimum Gasteiger partial charge on any atom is -0.423 e. The van der Waals surface area contributed by atoms with Gasteiger partial charge in [0.2, 0.25) is 0 Å². The SMILES string of the molecule is NCCn1cc(-c2cccc(B(O)O)c2)cn1. The summed E-state index contributed by atoms with van der Waals surface area (Å²) in [5.41, 5.74) is 7.75. The van der Waals surface area contributed by atoms with Gasteiger partial charge in [-0.2, -0.15) is 5.10 Å². The van der Waals surface area contributed by atoms with Crippen molar-refractivity contribution >= 4 is 12.6 Å². The summed E-state index contributed by atoms with van der Waals surface area (Å²) >= 11 is 0. The van der Waals surface area contributed by atoms with Crippen molar-refractivity contribution in [1.82, 2.24) is 9.78 Å². The smallest absolute Gasteiger partial charge is 0.423 e. The third kappa shape index (κ3) is 2.73. The average Bonchev–Trinajstić information content (AvgIpc) is 2.78. The number of hydrogen-bond acceptors (Lipinski definition) is 4. The monoisotopic (exact) mass is 231 g/mol. The van der Waals surface area contributed by atoms with Crippen LogP contribution in [0.3, 0.4) is 0 Å². The molecule has 0 amide bonds. The predicted octanol–water partition coefficient (Wildman–Crippen LogP) is -0.811. The van der Waals surface area contributed by atoms with Crippen molar-refractivity contribution in [3.63, 3.8) is 0 Å². The van der Waals surface area contributed by atoms with E-state index in [0.29, 0.717) is 18.6 Å². The molecule has 17 heavy (non-hydrogen) atoms. The molecule has 0 aliphatic carbocycles. The van der Waals surface area contributed by atoms with E-state index in [2.05, 4.69) is 5.10 Å². The van der Waals surface area contributed by atoms with Crippen LogP contribution in [0.1, 0.15) is 0 Å². The van der Waals surface area contributed by atoms with Gasteiger partial charge in [0.05, 0.1) is 12.7 Å². The van der Waals surface area contributed by atoms with Gasteiger partial charge in [-0.25, -0.2) is 0 Å². The summed E-state index contributed by atoms with van der Waals surface area (Å²) in [4.78, 5) is 0. The van der Waals surface area contributed by atoms with Crippen LogP contribution in [-0.4, -0.2) is 33.5 Å². The molecule has 0 fully saturated rings. The molecule has 5 nitrogen and oxygen atoms in total. The Morgan fingerprint density at radius 3 is 2.82 bits per heavy atom. The van der Waals surface area contributed by atoms with E-state index in [0.717, 1.165) is 11.1 Å². The first kappa shape index (κ1) is 11.8. The molecule has 0 unspecified atom stereocenters. The highest BCUT2D eigenvalue weighted by atomic mass is 16.4. The molecule has 0 atom stereocenters. The molecule has 1 aromatic heterocycles. The highest BCUT2D eigenvalue weighted by molar-refractivity contribution is 6.58. The normalized spacial score (nSPS) is 10.5. The first-order valence-corrected chi connectivity index (χ1v) is 5.39. The summed E-state index contributed by atoms with van der Waals surface area (Å²) in [5, 5.41) is 22.4. The van der Waals surface area contributed by atoms with Crippen LogP contribution in [0.2, 0.25) is 0 Å². The van der Waals surface area contributed by atoms with Crippen LogP contribution < -0.4 is 11.2 Å². The van der Waals surface area contributed by atoms with Gasteiger partial charge in [-0.15, -0.1) is 0 Å². The second-order valence-corrected chi connectivity index (χ2v) is 3.78. The zero-order valence-electron chi connectivity index (χ0n) is 9.32. The lowest BCUT2D eigenvalue weighted by Gasteiger charge is -2.02. The Bertz CT molecular complexity index is 499. The van der Waals surface area contributed by atoms with E-state index in [-0.39, 0.29) is 0 Å². The van der Waals surface area contributed by atoms with Gasteiger partial charge in [0.1, 0.15) is 0 Å². The fourth-order valence-corrected chi connectivity index (χ4v) is 1.65. The molecule has 1 aromatic carbocycles. The van der Waals surface area contributed by atoms with Crippen LogP contribution in [-0.2, 0) is 6.54 Å². The van der Waals surface area contributed by atoms with Gasteiger partial charge >= 0.3 is 7.12 Å². The zero-order chi connectivity index (χ0) is 12.3. The van der Waals surface area contributed by atoms with E-state index in [1.807, 2.05) is 12.3 Å². The Kier molecular flexibility index (Phi) is 3.58. The lowest BCUT2D eigenvalue weighted by atomic mass is 9.79. The number of nitrogens with zero attached hydrogens (tertiary/aromatic N) is 2. The zero-order valence-corrected chi connectivity index (χ0v) is 9.32. The highest BCUT2D eigenvalue weighted by Gasteiger charge is 2.11. The van der Waals surface area contributed by atoms with E-state index in [1.165, 1.54) is 0 Å². The van der Waals surface area contributed by atoms with Crippen molar-refractivity contribution in [2.75, 3.05) is 6.54 Å². The Balaban J connectivity index is 2.28. The third-order valence-corrected chi connectivity index (χ3v) is 2.51. The van der Waals surface area contributed by atoms with Crippen molar-refractivity contribution < 1.29 is 10.0 Å². The van der Waals surface area contributed by atoms with Gasteiger partial charge in [-0.3, -0.25) is 4.68 Å². The number of rotatable bonds is 4. The first-order valence-electron chi connectivity index (χ1n) is 5.39. The molecule has 0 aliphatic rings. The molecular weight excluding hydrogens is 217 g/mol. The van der Waals surface area contributed by atoms with Gasteiger partial charge in [0, 0.05) is 18.3 Å². The molecule has 0 saturated heterocycles. The van der Waals surface area contributed by atoms with Crippen LogP contribution >= 0.6 is 0 Å². The lowest BCUT2D eigenvalue weighted by molar-refractivity contribution is 0.426. The molecule has 6 heteroatoms. The second-order valence-electron chi connectivity index (χ2n) is 3.78. The number of nitrogens with two attached hydrogens (primary N) is 1. The van der Waals surface area contributed by atoms with Crippen LogP contribution in [0.15, 0.2) is 36.7 Å². The van der Waals surface area contributed by atoms with Crippen LogP contribution in [0.4, 0.5) is 0 Å². The summed E-state index contributed by atoms with van der Waals surface area (Å²) in [6.07, 6.45) is 3.62. The van der Waals surface area contributed by atoms with E-state index in [4.69, 9.17) is 15.8 Å². The predicted molar refractivity (Wildman–Crippen MR) is 66.5 cm³/mol. The highest BCUT2D eigenvalue weighted by Crippen LogP contribution is 2.16.